The molecule has 0 saturated carbocycles. The molecule has 0 bridgehead atoms. The van der Waals surface area contributed by atoms with E-state index < -0.39 is 21.3 Å². The molecule has 0 spiro atoms. The summed E-state index contributed by atoms with van der Waals surface area (Å²) in [6.07, 6.45) is 8.40. The van der Waals surface area contributed by atoms with Crippen LogP contribution in [-0.2, 0) is 34.1 Å². The third-order valence-electron chi connectivity index (χ3n) is 8.55. The summed E-state index contributed by atoms with van der Waals surface area (Å²) >= 11 is -2.65. The van der Waals surface area contributed by atoms with Crippen LogP contribution in [0.4, 0.5) is 0 Å². The van der Waals surface area contributed by atoms with E-state index in [1.165, 1.54) is 39.0 Å². The second-order valence-corrected chi connectivity index (χ2v) is 17.5. The van der Waals surface area contributed by atoms with Gasteiger partial charge in [-0.25, -0.2) is 0 Å². The molecule has 0 aromatic heterocycles. The Labute approximate surface area is 266 Å². The first kappa shape index (κ1) is 31.6. The van der Waals surface area contributed by atoms with E-state index in [2.05, 4.69) is 137 Å². The second-order valence-electron chi connectivity index (χ2n) is 11.2. The number of hydrogen-bond acceptors (Lipinski definition) is 0. The van der Waals surface area contributed by atoms with Crippen molar-refractivity contribution < 1.29 is 21.3 Å². The molecule has 4 aromatic rings. The monoisotopic (exact) mass is 656 g/mol. The Kier molecular flexibility index (Phi) is 10.6. The fourth-order valence-corrected chi connectivity index (χ4v) is 15.5. The second kappa shape index (κ2) is 13.8. The van der Waals surface area contributed by atoms with Crippen LogP contribution in [-0.4, -0.2) is 3.21 Å². The van der Waals surface area contributed by atoms with Gasteiger partial charge in [0.05, 0.1) is 0 Å². The van der Waals surface area contributed by atoms with Gasteiger partial charge >= 0.3 is 244 Å². The van der Waals surface area contributed by atoms with Crippen molar-refractivity contribution in [2.75, 3.05) is 0 Å². The quantitative estimate of drug-likeness (QED) is 0.185. The minimum atomic E-state index is -2.65. The summed E-state index contributed by atoms with van der Waals surface area (Å²) in [5.74, 6) is 0.561. The molecule has 0 amide bonds. The van der Waals surface area contributed by atoms with Crippen molar-refractivity contribution in [1.29, 1.82) is 0 Å². The van der Waals surface area contributed by atoms with Crippen LogP contribution in [0.1, 0.15) is 71.1 Å². The molecule has 0 N–H and O–H groups in total. The van der Waals surface area contributed by atoms with Crippen LogP contribution in [0.15, 0.2) is 118 Å². The topological polar surface area (TPSA) is 0 Å². The SMILES string of the molecule is CCc1ccc2c(c1)[CH]([Zr]([C]1=CC(C(C)C)=CC1)=[C](c1ccccc1)c1ccccc1)c1cc(CC)ccc1-2.Cl.Cl. The predicted octanol–water partition coefficient (Wildman–Crippen LogP) is 10.5. The minimum Gasteiger partial charge on any atom is -0.147 e. The summed E-state index contributed by atoms with van der Waals surface area (Å²) in [5, 5.41) is 0. The molecule has 0 heterocycles. The van der Waals surface area contributed by atoms with E-state index in [0.29, 0.717) is 9.54 Å². The summed E-state index contributed by atoms with van der Waals surface area (Å²) in [4.78, 5) is 0. The van der Waals surface area contributed by atoms with Gasteiger partial charge in [-0.05, 0) is 0 Å². The van der Waals surface area contributed by atoms with Crippen molar-refractivity contribution >= 4 is 28.0 Å². The van der Waals surface area contributed by atoms with Gasteiger partial charge in [0.1, 0.15) is 0 Å². The average Bonchev–Trinajstić information content (AvgIpc) is 3.59. The maximum atomic E-state index is 2.62. The van der Waals surface area contributed by atoms with E-state index in [1.807, 2.05) is 0 Å². The standard InChI is InChI=1S/C17H17.C13H10.C8H11.2ClH.Zr/c1-3-12-5-7-16-14(9-12)11-15-10-13(4-2)6-8-17(15)16;1-3-7-12(8-4-1)11-13-9-5-2-6-10-13;1-7(2)8-5-3-4-6-8;;;/h5-11H,3-4H2,1-2H3;1-10H;5-7H,3H2,1-2H3;2*1H;. The molecule has 0 aliphatic heterocycles. The number of fused-ring (bicyclic) bond motifs is 3. The molecule has 0 radical (unpaired) electrons. The number of halogens is 2. The number of hydrogen-bond donors (Lipinski definition) is 0. The van der Waals surface area contributed by atoms with Gasteiger partial charge in [-0.3, -0.25) is 0 Å². The normalized spacial score (nSPS) is 13.5. The summed E-state index contributed by atoms with van der Waals surface area (Å²) in [6, 6.07) is 37.3. The van der Waals surface area contributed by atoms with Gasteiger partial charge in [0.25, 0.3) is 0 Å². The van der Waals surface area contributed by atoms with Crippen LogP contribution in [0, 0.1) is 5.92 Å². The maximum absolute atomic E-state index is 2.65. The van der Waals surface area contributed by atoms with Crippen molar-refractivity contribution in [2.24, 2.45) is 5.92 Å². The first-order chi connectivity index (χ1) is 19.1. The molecule has 0 saturated heterocycles. The molecular formula is C38H40Cl2Zr. The molecule has 41 heavy (non-hydrogen) atoms. The Morgan fingerprint density at radius 2 is 1.20 bits per heavy atom. The van der Waals surface area contributed by atoms with Crippen molar-refractivity contribution in [1.82, 2.24) is 0 Å². The van der Waals surface area contributed by atoms with Crippen molar-refractivity contribution in [3.8, 4) is 11.1 Å². The first-order valence-electron chi connectivity index (χ1n) is 14.6. The molecule has 4 aromatic carbocycles. The Morgan fingerprint density at radius 1 is 0.707 bits per heavy atom. The third kappa shape index (κ3) is 6.10. The fraction of sp³-hybridized carbons (Fsp3) is 0.237. The molecule has 2 aliphatic rings. The van der Waals surface area contributed by atoms with Gasteiger partial charge in [0, 0.05) is 0 Å². The van der Waals surface area contributed by atoms with Crippen LogP contribution in [0.3, 0.4) is 0 Å². The Morgan fingerprint density at radius 3 is 1.61 bits per heavy atom. The number of aryl methyl sites for hydroxylation is 2. The van der Waals surface area contributed by atoms with Gasteiger partial charge in [-0.1, -0.05) is 0 Å². The van der Waals surface area contributed by atoms with Crippen LogP contribution in [0.5, 0.6) is 0 Å². The van der Waals surface area contributed by atoms with Crippen molar-refractivity contribution in [2.45, 2.75) is 50.6 Å². The molecule has 2 aliphatic carbocycles. The first-order valence-corrected chi connectivity index (χ1v) is 18.5. The smallest absolute Gasteiger partial charge is 0.147 e. The van der Waals surface area contributed by atoms with Gasteiger partial charge in [0.15, 0.2) is 0 Å². The molecular weight excluding hydrogens is 619 g/mol. The van der Waals surface area contributed by atoms with Crippen LogP contribution < -0.4 is 0 Å². The Balaban J connectivity index is 0.00000194. The predicted molar refractivity (Wildman–Crippen MR) is 179 cm³/mol. The summed E-state index contributed by atoms with van der Waals surface area (Å²) in [7, 11) is 0. The van der Waals surface area contributed by atoms with Crippen molar-refractivity contribution in [3.05, 3.63) is 151 Å². The average molecular weight is 659 g/mol. The molecule has 3 heteroatoms. The summed E-state index contributed by atoms with van der Waals surface area (Å²) in [6.45, 7) is 9.26. The van der Waals surface area contributed by atoms with Crippen molar-refractivity contribution in [3.63, 3.8) is 0 Å². The van der Waals surface area contributed by atoms with E-state index >= 15 is 0 Å². The van der Waals surface area contributed by atoms with E-state index in [9.17, 15) is 0 Å². The molecule has 6 rings (SSSR count). The van der Waals surface area contributed by atoms with E-state index in [0.717, 1.165) is 19.3 Å². The Bertz CT molecular complexity index is 1520. The zero-order valence-corrected chi connectivity index (χ0v) is 28.6. The van der Waals surface area contributed by atoms with Gasteiger partial charge in [0.2, 0.25) is 0 Å². The molecule has 0 unspecified atom stereocenters. The molecule has 0 atom stereocenters. The fourth-order valence-electron chi connectivity index (χ4n) is 6.43. The van der Waals surface area contributed by atoms with Crippen LogP contribution in [0.2, 0.25) is 0 Å². The third-order valence-corrected chi connectivity index (χ3v) is 16.8. The minimum absolute atomic E-state index is 0. The molecule has 210 valence electrons. The number of benzene rings is 4. The largest absolute Gasteiger partial charge is 0.147 e. The van der Waals surface area contributed by atoms with Gasteiger partial charge in [-0.15, -0.1) is 24.8 Å². The van der Waals surface area contributed by atoms with E-state index in [4.69, 9.17) is 0 Å². The number of allylic oxidation sites excluding steroid dienone is 4. The van der Waals surface area contributed by atoms with E-state index in [-0.39, 0.29) is 24.8 Å². The Hall–Kier alpha value is -2.31. The van der Waals surface area contributed by atoms with Crippen LogP contribution in [0.25, 0.3) is 11.1 Å². The zero-order chi connectivity index (χ0) is 26.9. The summed E-state index contributed by atoms with van der Waals surface area (Å²) < 4.78 is 3.84. The van der Waals surface area contributed by atoms with Gasteiger partial charge in [-0.2, -0.15) is 0 Å². The van der Waals surface area contributed by atoms with Crippen LogP contribution >= 0.6 is 24.8 Å². The summed E-state index contributed by atoms with van der Waals surface area (Å²) in [5.41, 5.74) is 13.3. The van der Waals surface area contributed by atoms with Gasteiger partial charge < -0.3 is 0 Å². The van der Waals surface area contributed by atoms with E-state index in [1.54, 1.807) is 17.6 Å². The molecule has 0 fully saturated rings. The molecule has 0 nitrogen and oxygen atoms in total. The maximum Gasteiger partial charge on any atom is -0.147 e. The zero-order valence-electron chi connectivity index (χ0n) is 24.5. The number of rotatable bonds is 7.